The van der Waals surface area contributed by atoms with Gasteiger partial charge >= 0.3 is 0 Å². The van der Waals surface area contributed by atoms with Gasteiger partial charge in [-0.1, -0.05) is 18.7 Å². The van der Waals surface area contributed by atoms with Gasteiger partial charge in [0.05, 0.1) is 18.5 Å². The highest BCUT2D eigenvalue weighted by Gasteiger charge is 2.23. The van der Waals surface area contributed by atoms with Crippen LogP contribution >= 0.6 is 0 Å². The molecular formula is C9H19NO4S. The van der Waals surface area contributed by atoms with Gasteiger partial charge in [0.2, 0.25) is 10.0 Å². The van der Waals surface area contributed by atoms with Crippen LogP contribution in [0.2, 0.25) is 0 Å². The van der Waals surface area contributed by atoms with Crippen LogP contribution in [0.25, 0.3) is 0 Å². The molecule has 0 aromatic rings. The molecule has 0 amide bonds. The summed E-state index contributed by atoms with van der Waals surface area (Å²) in [6.07, 6.45) is 1.57. The summed E-state index contributed by atoms with van der Waals surface area (Å²) in [4.78, 5) is 6.99. The number of ether oxygens (including phenoxy) is 1. The Morgan fingerprint density at radius 1 is 1.53 bits per heavy atom. The summed E-state index contributed by atoms with van der Waals surface area (Å²) in [5, 5.41) is 0. The third-order valence-corrected chi connectivity index (χ3v) is 3.21. The first-order valence-corrected chi connectivity index (χ1v) is 6.88. The van der Waals surface area contributed by atoms with Crippen LogP contribution in [-0.4, -0.2) is 33.5 Å². The van der Waals surface area contributed by atoms with E-state index in [2.05, 4.69) is 4.89 Å². The standard InChI is InChI=1S/C9H19NO4S/c1-8(2)6-14-10-15(11,12)7-9-4-3-5-13-9/h8-10H,3-7H2,1-2H3. The van der Waals surface area contributed by atoms with Gasteiger partial charge in [-0.05, 0) is 18.8 Å². The van der Waals surface area contributed by atoms with Gasteiger partial charge in [-0.15, -0.1) is 0 Å². The highest BCUT2D eigenvalue weighted by molar-refractivity contribution is 7.89. The van der Waals surface area contributed by atoms with Crippen molar-refractivity contribution < 1.29 is 18.0 Å². The Kier molecular flexibility index (Phi) is 4.98. The molecule has 1 atom stereocenters. The van der Waals surface area contributed by atoms with E-state index in [4.69, 9.17) is 9.57 Å². The fourth-order valence-electron chi connectivity index (χ4n) is 1.34. The highest BCUT2D eigenvalue weighted by atomic mass is 32.2. The smallest absolute Gasteiger partial charge is 0.236 e. The molecular weight excluding hydrogens is 218 g/mol. The lowest BCUT2D eigenvalue weighted by molar-refractivity contribution is 0.0697. The van der Waals surface area contributed by atoms with Crippen LogP contribution in [0.4, 0.5) is 0 Å². The third-order valence-electron chi connectivity index (χ3n) is 2.03. The Hall–Kier alpha value is -0.170. The van der Waals surface area contributed by atoms with Gasteiger partial charge in [0, 0.05) is 6.61 Å². The molecule has 1 rings (SSSR count). The maximum atomic E-state index is 11.5. The SMILES string of the molecule is CC(C)CONS(=O)(=O)CC1CCCO1. The molecule has 90 valence electrons. The fraction of sp³-hybridized carbons (Fsp3) is 1.00. The lowest BCUT2D eigenvalue weighted by Crippen LogP contribution is -2.32. The first-order valence-electron chi connectivity index (χ1n) is 5.22. The van der Waals surface area contributed by atoms with Crippen molar-refractivity contribution in [1.29, 1.82) is 0 Å². The molecule has 0 bridgehead atoms. The minimum absolute atomic E-state index is 0.00883. The van der Waals surface area contributed by atoms with Crippen LogP contribution in [0.3, 0.4) is 0 Å². The van der Waals surface area contributed by atoms with E-state index in [-0.39, 0.29) is 11.9 Å². The molecule has 1 N–H and O–H groups in total. The molecule has 1 fully saturated rings. The van der Waals surface area contributed by atoms with Crippen LogP contribution in [-0.2, 0) is 19.6 Å². The average Bonchev–Trinajstić information content (AvgIpc) is 2.54. The maximum absolute atomic E-state index is 11.5. The van der Waals surface area contributed by atoms with E-state index in [9.17, 15) is 8.42 Å². The highest BCUT2D eigenvalue weighted by Crippen LogP contribution is 2.13. The molecule has 0 radical (unpaired) electrons. The van der Waals surface area contributed by atoms with Crippen molar-refractivity contribution in [3.8, 4) is 0 Å². The number of hydrogen-bond acceptors (Lipinski definition) is 4. The summed E-state index contributed by atoms with van der Waals surface area (Å²) in [5.41, 5.74) is 0. The van der Waals surface area contributed by atoms with E-state index in [0.29, 0.717) is 19.1 Å². The Labute approximate surface area is 91.1 Å². The summed E-state index contributed by atoms with van der Waals surface area (Å²) < 4.78 is 28.1. The largest absolute Gasteiger partial charge is 0.377 e. The van der Waals surface area contributed by atoms with E-state index in [1.165, 1.54) is 0 Å². The van der Waals surface area contributed by atoms with E-state index in [0.717, 1.165) is 12.8 Å². The Morgan fingerprint density at radius 3 is 2.80 bits per heavy atom. The Balaban J connectivity index is 2.25. The van der Waals surface area contributed by atoms with Crippen LogP contribution in [0.1, 0.15) is 26.7 Å². The second-order valence-corrected chi connectivity index (χ2v) is 5.93. The molecule has 6 heteroatoms. The molecule has 0 aliphatic carbocycles. The van der Waals surface area contributed by atoms with Crippen LogP contribution < -0.4 is 4.89 Å². The number of sulfonamides is 1. The van der Waals surface area contributed by atoms with Crippen molar-refractivity contribution in [3.63, 3.8) is 0 Å². The van der Waals surface area contributed by atoms with Crippen molar-refractivity contribution in [2.45, 2.75) is 32.8 Å². The zero-order chi connectivity index (χ0) is 11.3. The maximum Gasteiger partial charge on any atom is 0.236 e. The normalized spacial score (nSPS) is 22.5. The zero-order valence-electron chi connectivity index (χ0n) is 9.23. The lowest BCUT2D eigenvalue weighted by atomic mass is 10.2. The number of rotatable bonds is 6. The predicted molar refractivity (Wildman–Crippen MR) is 56.7 cm³/mol. The molecule has 1 aliphatic rings. The van der Waals surface area contributed by atoms with Crippen LogP contribution in [0, 0.1) is 5.92 Å². The second-order valence-electron chi connectivity index (χ2n) is 4.20. The second kappa shape index (κ2) is 5.79. The summed E-state index contributed by atoms with van der Waals surface area (Å²) in [6, 6.07) is 0. The first-order chi connectivity index (χ1) is 6.99. The Morgan fingerprint density at radius 2 is 2.27 bits per heavy atom. The van der Waals surface area contributed by atoms with E-state index >= 15 is 0 Å². The van der Waals surface area contributed by atoms with Gasteiger partial charge in [0.1, 0.15) is 0 Å². The number of hydrogen-bond donors (Lipinski definition) is 1. The Bertz CT molecular complexity index is 270. The lowest BCUT2D eigenvalue weighted by Gasteiger charge is -2.11. The zero-order valence-corrected chi connectivity index (χ0v) is 10.0. The fourth-order valence-corrected chi connectivity index (χ4v) is 2.41. The van der Waals surface area contributed by atoms with Gasteiger partial charge in [-0.2, -0.15) is 0 Å². The molecule has 0 aromatic carbocycles. The molecule has 15 heavy (non-hydrogen) atoms. The monoisotopic (exact) mass is 237 g/mol. The van der Waals surface area contributed by atoms with Gasteiger partial charge in [0.25, 0.3) is 0 Å². The molecule has 1 heterocycles. The van der Waals surface area contributed by atoms with E-state index < -0.39 is 10.0 Å². The summed E-state index contributed by atoms with van der Waals surface area (Å²) in [6.45, 7) is 4.94. The van der Waals surface area contributed by atoms with Crippen molar-refractivity contribution in [1.82, 2.24) is 4.89 Å². The molecule has 0 spiro atoms. The molecule has 0 saturated carbocycles. The van der Waals surface area contributed by atoms with E-state index in [1.807, 2.05) is 13.8 Å². The molecule has 5 nitrogen and oxygen atoms in total. The molecule has 1 aliphatic heterocycles. The predicted octanol–water partition coefficient (Wildman–Crippen LogP) is 0.672. The van der Waals surface area contributed by atoms with Crippen LogP contribution in [0.15, 0.2) is 0 Å². The van der Waals surface area contributed by atoms with Crippen molar-refractivity contribution >= 4 is 10.0 Å². The average molecular weight is 237 g/mol. The van der Waals surface area contributed by atoms with Gasteiger partial charge in [0.15, 0.2) is 0 Å². The van der Waals surface area contributed by atoms with Crippen molar-refractivity contribution in [2.75, 3.05) is 19.0 Å². The van der Waals surface area contributed by atoms with Crippen molar-refractivity contribution in [2.24, 2.45) is 5.92 Å². The molecule has 1 unspecified atom stereocenters. The van der Waals surface area contributed by atoms with Gasteiger partial charge in [-0.3, -0.25) is 4.84 Å². The van der Waals surface area contributed by atoms with Gasteiger partial charge < -0.3 is 4.74 Å². The van der Waals surface area contributed by atoms with Crippen LogP contribution in [0.5, 0.6) is 0 Å². The minimum Gasteiger partial charge on any atom is -0.377 e. The van der Waals surface area contributed by atoms with Crippen molar-refractivity contribution in [3.05, 3.63) is 0 Å². The summed E-state index contributed by atoms with van der Waals surface area (Å²) >= 11 is 0. The minimum atomic E-state index is -3.36. The molecule has 0 aromatic heterocycles. The third kappa shape index (κ3) is 5.46. The molecule has 1 saturated heterocycles. The summed E-state index contributed by atoms with van der Waals surface area (Å²) in [7, 11) is -3.36. The topological polar surface area (TPSA) is 64.6 Å². The first kappa shape index (κ1) is 12.9. The quantitative estimate of drug-likeness (QED) is 0.690. The number of nitrogens with one attached hydrogen (secondary N) is 1. The van der Waals surface area contributed by atoms with Gasteiger partial charge in [-0.25, -0.2) is 8.42 Å². The summed E-state index contributed by atoms with van der Waals surface area (Å²) in [5.74, 6) is 0.292. The van der Waals surface area contributed by atoms with E-state index in [1.54, 1.807) is 0 Å².